The van der Waals surface area contributed by atoms with Crippen molar-refractivity contribution in [2.45, 2.75) is 13.3 Å². The van der Waals surface area contributed by atoms with Crippen molar-refractivity contribution in [1.82, 2.24) is 4.73 Å². The molecule has 0 aliphatic heterocycles. The van der Waals surface area contributed by atoms with E-state index in [2.05, 4.69) is 0 Å². The SMILES string of the molecule is CC(=O)On1cc(CCN)c2cc(OC(=O)c3ccc([N+](=O)[O-])cc3)ccc21. The molecule has 2 N–H and O–H groups in total. The van der Waals surface area contributed by atoms with Crippen molar-refractivity contribution in [2.24, 2.45) is 5.73 Å². The highest BCUT2D eigenvalue weighted by molar-refractivity contribution is 5.92. The Morgan fingerprint density at radius 2 is 1.89 bits per heavy atom. The largest absolute Gasteiger partial charge is 0.423 e. The molecule has 9 heteroatoms. The summed E-state index contributed by atoms with van der Waals surface area (Å²) in [5.74, 6) is -0.825. The molecular weight excluding hydrogens is 366 g/mol. The third-order valence-electron chi connectivity index (χ3n) is 3.99. The maximum Gasteiger partial charge on any atom is 0.343 e. The molecule has 0 fully saturated rings. The zero-order valence-electron chi connectivity index (χ0n) is 15.0. The van der Waals surface area contributed by atoms with E-state index < -0.39 is 16.9 Å². The Morgan fingerprint density at radius 1 is 1.18 bits per heavy atom. The average Bonchev–Trinajstić information content (AvgIpc) is 2.98. The molecule has 3 rings (SSSR count). The second-order valence-electron chi connectivity index (χ2n) is 5.97. The predicted octanol–water partition coefficient (Wildman–Crippen LogP) is 2.25. The van der Waals surface area contributed by atoms with Crippen molar-refractivity contribution >= 4 is 28.5 Å². The standard InChI is InChI=1S/C19H17N3O6/c1-12(23)28-21-11-14(8-9-20)17-10-16(6-7-18(17)21)27-19(24)13-2-4-15(5-3-13)22(25)26/h2-7,10-11H,8-9,20H2,1H3. The van der Waals surface area contributed by atoms with Crippen molar-refractivity contribution in [3.05, 3.63) is 69.9 Å². The van der Waals surface area contributed by atoms with Crippen LogP contribution in [0, 0.1) is 10.1 Å². The Morgan fingerprint density at radius 3 is 2.50 bits per heavy atom. The van der Waals surface area contributed by atoms with Crippen LogP contribution in [0.2, 0.25) is 0 Å². The highest BCUT2D eigenvalue weighted by atomic mass is 16.7. The fourth-order valence-corrected chi connectivity index (χ4v) is 2.76. The molecule has 0 aliphatic rings. The monoisotopic (exact) mass is 383 g/mol. The summed E-state index contributed by atoms with van der Waals surface area (Å²) < 4.78 is 6.73. The number of nitro groups is 1. The van der Waals surface area contributed by atoms with Gasteiger partial charge in [-0.3, -0.25) is 10.1 Å². The molecule has 0 spiro atoms. The van der Waals surface area contributed by atoms with E-state index in [1.165, 1.54) is 35.9 Å². The van der Waals surface area contributed by atoms with E-state index in [9.17, 15) is 19.7 Å². The van der Waals surface area contributed by atoms with Crippen molar-refractivity contribution < 1.29 is 24.1 Å². The minimum absolute atomic E-state index is 0.115. The third kappa shape index (κ3) is 3.99. The van der Waals surface area contributed by atoms with Crippen LogP contribution < -0.4 is 15.3 Å². The zero-order valence-corrected chi connectivity index (χ0v) is 15.0. The van der Waals surface area contributed by atoms with Crippen molar-refractivity contribution in [2.75, 3.05) is 6.54 Å². The summed E-state index contributed by atoms with van der Waals surface area (Å²) in [4.78, 5) is 38.9. The number of hydrogen-bond donors (Lipinski definition) is 1. The average molecular weight is 383 g/mol. The highest BCUT2D eigenvalue weighted by Crippen LogP contribution is 2.27. The summed E-state index contributed by atoms with van der Waals surface area (Å²) in [6.07, 6.45) is 2.21. The number of non-ortho nitro benzene ring substituents is 1. The molecule has 144 valence electrons. The summed E-state index contributed by atoms with van der Waals surface area (Å²) in [7, 11) is 0. The number of hydrogen-bond acceptors (Lipinski definition) is 7. The van der Waals surface area contributed by atoms with Gasteiger partial charge in [0.2, 0.25) is 0 Å². The Kier molecular flexibility index (Phi) is 5.37. The number of fused-ring (bicyclic) bond motifs is 1. The first-order valence-electron chi connectivity index (χ1n) is 8.38. The Balaban J connectivity index is 1.88. The first-order chi connectivity index (χ1) is 13.4. The van der Waals surface area contributed by atoms with E-state index in [0.29, 0.717) is 18.5 Å². The number of benzene rings is 2. The first kappa shape index (κ1) is 19.1. The highest BCUT2D eigenvalue weighted by Gasteiger charge is 2.15. The lowest BCUT2D eigenvalue weighted by molar-refractivity contribution is -0.384. The van der Waals surface area contributed by atoms with Gasteiger partial charge >= 0.3 is 11.9 Å². The smallest absolute Gasteiger partial charge is 0.343 e. The first-order valence-corrected chi connectivity index (χ1v) is 8.38. The van der Waals surface area contributed by atoms with Gasteiger partial charge in [0.1, 0.15) is 5.75 Å². The number of rotatable bonds is 6. The number of esters is 1. The zero-order chi connectivity index (χ0) is 20.3. The van der Waals surface area contributed by atoms with Crippen molar-refractivity contribution in [3.8, 4) is 5.75 Å². The van der Waals surface area contributed by atoms with Gasteiger partial charge in [-0.25, -0.2) is 9.59 Å². The Hall–Kier alpha value is -3.72. The van der Waals surface area contributed by atoms with Gasteiger partial charge < -0.3 is 15.3 Å². The summed E-state index contributed by atoms with van der Waals surface area (Å²) >= 11 is 0. The van der Waals surface area contributed by atoms with Gasteiger partial charge in [0.15, 0.2) is 0 Å². The molecule has 0 amide bonds. The van der Waals surface area contributed by atoms with Gasteiger partial charge in [0.25, 0.3) is 5.69 Å². The van der Waals surface area contributed by atoms with Gasteiger partial charge in [-0.2, -0.15) is 4.73 Å². The van der Waals surface area contributed by atoms with Crippen LogP contribution in [-0.2, 0) is 11.2 Å². The van der Waals surface area contributed by atoms with E-state index in [0.717, 1.165) is 10.9 Å². The topological polar surface area (TPSA) is 127 Å². The van der Waals surface area contributed by atoms with E-state index in [-0.39, 0.29) is 17.0 Å². The van der Waals surface area contributed by atoms with Crippen molar-refractivity contribution in [3.63, 3.8) is 0 Å². The molecule has 0 aliphatic carbocycles. The molecule has 0 saturated heterocycles. The van der Waals surface area contributed by atoms with Gasteiger partial charge in [-0.05, 0) is 48.9 Å². The second-order valence-corrected chi connectivity index (χ2v) is 5.97. The minimum Gasteiger partial charge on any atom is -0.423 e. The molecular formula is C19H17N3O6. The lowest BCUT2D eigenvalue weighted by atomic mass is 10.1. The molecule has 2 aromatic carbocycles. The number of carbonyl (C=O) groups excluding carboxylic acids is 2. The van der Waals surface area contributed by atoms with Gasteiger partial charge in [0, 0.05) is 30.6 Å². The lowest BCUT2D eigenvalue weighted by Crippen LogP contribution is -2.15. The molecule has 3 aromatic rings. The third-order valence-corrected chi connectivity index (χ3v) is 3.99. The van der Waals surface area contributed by atoms with Crippen LogP contribution in [0.5, 0.6) is 5.75 Å². The van der Waals surface area contributed by atoms with E-state index in [1.807, 2.05) is 0 Å². The van der Waals surface area contributed by atoms with Gasteiger partial charge in [-0.1, -0.05) is 0 Å². The fourth-order valence-electron chi connectivity index (χ4n) is 2.76. The minimum atomic E-state index is -0.644. The number of ether oxygens (including phenoxy) is 1. The normalized spacial score (nSPS) is 10.6. The van der Waals surface area contributed by atoms with Gasteiger partial charge in [-0.15, -0.1) is 0 Å². The van der Waals surface area contributed by atoms with Crippen LogP contribution in [0.1, 0.15) is 22.8 Å². The molecule has 9 nitrogen and oxygen atoms in total. The molecule has 0 atom stereocenters. The maximum absolute atomic E-state index is 12.3. The lowest BCUT2D eigenvalue weighted by Gasteiger charge is -2.06. The number of nitrogens with zero attached hydrogens (tertiary/aromatic N) is 2. The number of nitrogens with two attached hydrogens (primary N) is 1. The van der Waals surface area contributed by atoms with Crippen LogP contribution in [0.15, 0.2) is 48.7 Å². The molecule has 28 heavy (non-hydrogen) atoms. The molecule has 1 aromatic heterocycles. The Labute approximate surface area is 159 Å². The number of aromatic nitrogens is 1. The summed E-state index contributed by atoms with van der Waals surface area (Å²) in [5, 5.41) is 11.4. The summed E-state index contributed by atoms with van der Waals surface area (Å²) in [6.45, 7) is 1.70. The summed E-state index contributed by atoms with van der Waals surface area (Å²) in [6, 6.07) is 10.0. The van der Waals surface area contributed by atoms with Crippen LogP contribution in [-0.4, -0.2) is 28.1 Å². The molecule has 0 radical (unpaired) electrons. The van der Waals surface area contributed by atoms with Crippen LogP contribution in [0.25, 0.3) is 10.9 Å². The van der Waals surface area contributed by atoms with E-state index >= 15 is 0 Å². The van der Waals surface area contributed by atoms with E-state index in [1.54, 1.807) is 24.4 Å². The number of nitro benzene ring substituents is 1. The fraction of sp³-hybridized carbons (Fsp3) is 0.158. The molecule has 0 unspecified atom stereocenters. The van der Waals surface area contributed by atoms with Crippen LogP contribution in [0.4, 0.5) is 5.69 Å². The maximum atomic E-state index is 12.3. The Bertz CT molecular complexity index is 1060. The molecule has 0 bridgehead atoms. The van der Waals surface area contributed by atoms with Gasteiger partial charge in [0.05, 0.1) is 16.0 Å². The second kappa shape index (κ2) is 7.89. The summed E-state index contributed by atoms with van der Waals surface area (Å²) in [5.41, 5.74) is 7.18. The number of carbonyl (C=O) groups is 2. The quantitative estimate of drug-likeness (QED) is 0.299. The van der Waals surface area contributed by atoms with E-state index in [4.69, 9.17) is 15.3 Å². The predicted molar refractivity (Wildman–Crippen MR) is 100 cm³/mol. The molecule has 0 saturated carbocycles. The molecule has 1 heterocycles. The van der Waals surface area contributed by atoms with Crippen LogP contribution >= 0.6 is 0 Å². The van der Waals surface area contributed by atoms with Crippen LogP contribution in [0.3, 0.4) is 0 Å². The van der Waals surface area contributed by atoms with Crippen molar-refractivity contribution in [1.29, 1.82) is 0 Å².